The third kappa shape index (κ3) is 4.28. The zero-order valence-electron chi connectivity index (χ0n) is 17.7. The number of carbonyl (C=O) groups is 1. The Morgan fingerprint density at radius 2 is 1.70 bits per heavy atom. The van der Waals surface area contributed by atoms with Gasteiger partial charge in [-0.15, -0.1) is 0 Å². The van der Waals surface area contributed by atoms with Crippen molar-refractivity contribution in [1.29, 1.82) is 0 Å². The first-order chi connectivity index (χ1) is 14.5. The lowest BCUT2D eigenvalue weighted by atomic mass is 10.1. The molecule has 0 saturated carbocycles. The van der Waals surface area contributed by atoms with Gasteiger partial charge < -0.3 is 4.90 Å². The van der Waals surface area contributed by atoms with Crippen LogP contribution in [0.3, 0.4) is 0 Å². The molecule has 2 aromatic carbocycles. The van der Waals surface area contributed by atoms with Crippen LogP contribution in [0.4, 0.5) is 0 Å². The maximum Gasteiger partial charge on any atom is 0.274 e. The lowest BCUT2D eigenvalue weighted by Gasteiger charge is -2.23. The fraction of sp³-hybridized carbons (Fsp3) is 0.375. The van der Waals surface area contributed by atoms with Crippen molar-refractivity contribution in [3.63, 3.8) is 0 Å². The Morgan fingerprint density at radius 1 is 0.967 bits per heavy atom. The van der Waals surface area contributed by atoms with Crippen molar-refractivity contribution in [2.24, 2.45) is 7.05 Å². The van der Waals surface area contributed by atoms with Gasteiger partial charge in [0, 0.05) is 45.2 Å². The van der Waals surface area contributed by atoms with Crippen LogP contribution in [0.15, 0.2) is 53.3 Å². The van der Waals surface area contributed by atoms with Crippen LogP contribution in [0.2, 0.25) is 0 Å². The molecule has 1 saturated heterocycles. The Balaban J connectivity index is 1.45. The number of benzene rings is 2. The molecule has 156 valence electrons. The maximum absolute atomic E-state index is 13.1. The van der Waals surface area contributed by atoms with E-state index in [1.54, 1.807) is 13.1 Å². The van der Waals surface area contributed by atoms with Gasteiger partial charge >= 0.3 is 0 Å². The molecule has 4 rings (SSSR count). The number of amides is 1. The van der Waals surface area contributed by atoms with Crippen molar-refractivity contribution < 1.29 is 4.79 Å². The van der Waals surface area contributed by atoms with Crippen molar-refractivity contribution in [3.05, 3.63) is 75.7 Å². The molecule has 0 unspecified atom stereocenters. The van der Waals surface area contributed by atoms with E-state index in [1.807, 2.05) is 23.1 Å². The summed E-state index contributed by atoms with van der Waals surface area (Å²) in [6, 6.07) is 15.9. The summed E-state index contributed by atoms with van der Waals surface area (Å²) in [5.41, 5.74) is 3.18. The molecular formula is C24H28N4O2. The first kappa shape index (κ1) is 20.3. The standard InChI is InChI=1S/C24H28N4O2/c1-18-8-3-4-9-19(18)17-27-12-7-13-28(15-14-27)23(29)16-22-20-10-5-6-11-21(20)24(30)26(2)25-22/h3-6,8-11H,7,12-17H2,1-2H3. The number of rotatable bonds is 4. The topological polar surface area (TPSA) is 58.4 Å². The van der Waals surface area contributed by atoms with Gasteiger partial charge in [-0.3, -0.25) is 14.5 Å². The average molecular weight is 405 g/mol. The summed E-state index contributed by atoms with van der Waals surface area (Å²) in [6.45, 7) is 6.39. The zero-order valence-corrected chi connectivity index (χ0v) is 17.7. The second kappa shape index (κ2) is 8.79. The maximum atomic E-state index is 13.1. The van der Waals surface area contributed by atoms with Crippen LogP contribution in [0, 0.1) is 6.92 Å². The quantitative estimate of drug-likeness (QED) is 0.671. The number of nitrogens with zero attached hydrogens (tertiary/aromatic N) is 4. The molecule has 3 aromatic rings. The summed E-state index contributed by atoms with van der Waals surface area (Å²) in [5.74, 6) is 0.0732. The van der Waals surface area contributed by atoms with Crippen molar-refractivity contribution in [1.82, 2.24) is 19.6 Å². The highest BCUT2D eigenvalue weighted by Gasteiger charge is 2.21. The van der Waals surface area contributed by atoms with E-state index < -0.39 is 0 Å². The van der Waals surface area contributed by atoms with Gasteiger partial charge in [0.15, 0.2) is 0 Å². The number of fused-ring (bicyclic) bond motifs is 1. The largest absolute Gasteiger partial charge is 0.341 e. The minimum Gasteiger partial charge on any atom is -0.341 e. The van der Waals surface area contributed by atoms with E-state index in [4.69, 9.17) is 0 Å². The monoisotopic (exact) mass is 404 g/mol. The van der Waals surface area contributed by atoms with E-state index in [9.17, 15) is 9.59 Å². The highest BCUT2D eigenvalue weighted by Crippen LogP contribution is 2.16. The molecule has 6 nitrogen and oxygen atoms in total. The number of aromatic nitrogens is 2. The minimum absolute atomic E-state index is 0.0732. The SMILES string of the molecule is Cc1ccccc1CN1CCCN(C(=O)Cc2nn(C)c(=O)c3ccccc23)CC1. The minimum atomic E-state index is -0.136. The van der Waals surface area contributed by atoms with E-state index in [2.05, 4.69) is 41.2 Å². The summed E-state index contributed by atoms with van der Waals surface area (Å²) in [7, 11) is 1.64. The van der Waals surface area contributed by atoms with Crippen LogP contribution in [-0.4, -0.2) is 51.7 Å². The Kier molecular flexibility index (Phi) is 5.95. The first-order valence-electron chi connectivity index (χ1n) is 10.5. The van der Waals surface area contributed by atoms with Crippen molar-refractivity contribution in [2.45, 2.75) is 26.3 Å². The molecule has 30 heavy (non-hydrogen) atoms. The van der Waals surface area contributed by atoms with Crippen LogP contribution >= 0.6 is 0 Å². The van der Waals surface area contributed by atoms with Crippen LogP contribution in [0.5, 0.6) is 0 Å². The lowest BCUT2D eigenvalue weighted by Crippen LogP contribution is -2.36. The normalized spacial score (nSPS) is 15.3. The Hall–Kier alpha value is -2.99. The molecule has 1 aliphatic heterocycles. The molecule has 1 fully saturated rings. The predicted molar refractivity (Wildman–Crippen MR) is 118 cm³/mol. The molecular weight excluding hydrogens is 376 g/mol. The van der Waals surface area contributed by atoms with Gasteiger partial charge in [-0.1, -0.05) is 42.5 Å². The van der Waals surface area contributed by atoms with Gasteiger partial charge in [0.05, 0.1) is 17.5 Å². The number of hydrogen-bond acceptors (Lipinski definition) is 4. The summed E-state index contributed by atoms with van der Waals surface area (Å²) in [5, 5.41) is 5.76. The number of hydrogen-bond donors (Lipinski definition) is 0. The van der Waals surface area contributed by atoms with Crippen LogP contribution in [0.1, 0.15) is 23.2 Å². The van der Waals surface area contributed by atoms with Crippen molar-refractivity contribution in [3.8, 4) is 0 Å². The second-order valence-corrected chi connectivity index (χ2v) is 8.03. The van der Waals surface area contributed by atoms with Crippen LogP contribution in [-0.2, 0) is 24.8 Å². The molecule has 1 aromatic heterocycles. The van der Waals surface area contributed by atoms with Crippen LogP contribution in [0.25, 0.3) is 10.8 Å². The molecule has 1 aliphatic rings. The first-order valence-corrected chi connectivity index (χ1v) is 10.5. The molecule has 0 atom stereocenters. The van der Waals surface area contributed by atoms with E-state index in [0.29, 0.717) is 17.6 Å². The molecule has 0 spiro atoms. The fourth-order valence-electron chi connectivity index (χ4n) is 4.17. The summed E-state index contributed by atoms with van der Waals surface area (Å²) >= 11 is 0. The molecule has 6 heteroatoms. The molecule has 0 aliphatic carbocycles. The molecule has 0 radical (unpaired) electrons. The highest BCUT2D eigenvalue weighted by molar-refractivity contribution is 5.88. The number of carbonyl (C=O) groups excluding carboxylic acids is 1. The second-order valence-electron chi connectivity index (χ2n) is 8.03. The van der Waals surface area contributed by atoms with E-state index in [1.165, 1.54) is 15.8 Å². The highest BCUT2D eigenvalue weighted by atomic mass is 16.2. The van der Waals surface area contributed by atoms with Gasteiger partial charge in [0.2, 0.25) is 5.91 Å². The molecule has 0 N–H and O–H groups in total. The van der Waals surface area contributed by atoms with Gasteiger partial charge in [-0.05, 0) is 30.5 Å². The van der Waals surface area contributed by atoms with Gasteiger partial charge in [0.25, 0.3) is 5.56 Å². The van der Waals surface area contributed by atoms with E-state index in [0.717, 1.165) is 38.0 Å². The van der Waals surface area contributed by atoms with Crippen molar-refractivity contribution in [2.75, 3.05) is 26.2 Å². The lowest BCUT2D eigenvalue weighted by molar-refractivity contribution is -0.130. The molecule has 0 bridgehead atoms. The summed E-state index contributed by atoms with van der Waals surface area (Å²) in [4.78, 5) is 29.8. The summed E-state index contributed by atoms with van der Waals surface area (Å²) < 4.78 is 1.33. The Labute approximate surface area is 176 Å². The number of aryl methyl sites for hydroxylation is 2. The van der Waals surface area contributed by atoms with E-state index >= 15 is 0 Å². The predicted octanol–water partition coefficient (Wildman–Crippen LogP) is 2.52. The zero-order chi connectivity index (χ0) is 21.1. The average Bonchev–Trinajstić information content (AvgIpc) is 2.99. The van der Waals surface area contributed by atoms with Gasteiger partial charge in [0.1, 0.15) is 0 Å². The molecule has 1 amide bonds. The summed E-state index contributed by atoms with van der Waals surface area (Å²) in [6.07, 6.45) is 1.17. The van der Waals surface area contributed by atoms with Crippen LogP contribution < -0.4 is 5.56 Å². The van der Waals surface area contributed by atoms with Crippen molar-refractivity contribution >= 4 is 16.7 Å². The Morgan fingerprint density at radius 3 is 2.50 bits per heavy atom. The smallest absolute Gasteiger partial charge is 0.274 e. The van der Waals surface area contributed by atoms with Gasteiger partial charge in [-0.2, -0.15) is 5.10 Å². The van der Waals surface area contributed by atoms with E-state index in [-0.39, 0.29) is 17.9 Å². The molecule has 2 heterocycles. The van der Waals surface area contributed by atoms with Gasteiger partial charge in [-0.25, -0.2) is 4.68 Å². The Bertz CT molecular complexity index is 1120. The third-order valence-electron chi connectivity index (χ3n) is 5.95. The fourth-order valence-corrected chi connectivity index (χ4v) is 4.17. The third-order valence-corrected chi connectivity index (χ3v) is 5.95.